The van der Waals surface area contributed by atoms with Crippen LogP contribution in [0, 0.1) is 0 Å². The molecule has 2 amide bonds. The number of carbonyl (C=O) groups excluding carboxylic acids is 2. The summed E-state index contributed by atoms with van der Waals surface area (Å²) in [6.45, 7) is 7.38. The van der Waals surface area contributed by atoms with Crippen LogP contribution in [0.3, 0.4) is 0 Å². The molecule has 1 atom stereocenters. The molecular formula is C14H27N3O2. The third kappa shape index (κ3) is 5.59. The van der Waals surface area contributed by atoms with Gasteiger partial charge in [0.05, 0.1) is 0 Å². The Morgan fingerprint density at radius 3 is 2.68 bits per heavy atom. The van der Waals surface area contributed by atoms with Gasteiger partial charge in [-0.2, -0.15) is 0 Å². The van der Waals surface area contributed by atoms with Crippen LogP contribution in [0.15, 0.2) is 0 Å². The van der Waals surface area contributed by atoms with Crippen LogP contribution in [0.4, 0.5) is 0 Å². The normalized spacial score (nSPS) is 18.3. The fourth-order valence-electron chi connectivity index (χ4n) is 2.49. The maximum Gasteiger partial charge on any atom is 0.222 e. The van der Waals surface area contributed by atoms with Gasteiger partial charge < -0.3 is 15.5 Å². The average Bonchev–Trinajstić information content (AvgIpc) is 2.89. The van der Waals surface area contributed by atoms with E-state index in [9.17, 15) is 9.59 Å². The van der Waals surface area contributed by atoms with Gasteiger partial charge in [-0.05, 0) is 32.7 Å². The Bertz CT molecular complexity index is 288. The van der Waals surface area contributed by atoms with Crippen LogP contribution in [0.2, 0.25) is 0 Å². The van der Waals surface area contributed by atoms with E-state index in [1.807, 2.05) is 11.8 Å². The lowest BCUT2D eigenvalue weighted by Gasteiger charge is -2.28. The average molecular weight is 269 g/mol. The van der Waals surface area contributed by atoms with E-state index in [0.29, 0.717) is 31.8 Å². The summed E-state index contributed by atoms with van der Waals surface area (Å²) < 4.78 is 0. The number of hydrogen-bond donors (Lipinski definition) is 2. The molecule has 1 heterocycles. The number of rotatable bonds is 8. The van der Waals surface area contributed by atoms with Crippen molar-refractivity contribution in [1.82, 2.24) is 15.5 Å². The zero-order valence-corrected chi connectivity index (χ0v) is 12.2. The molecule has 0 aliphatic carbocycles. The summed E-state index contributed by atoms with van der Waals surface area (Å²) in [5.74, 6) is 0.236. The van der Waals surface area contributed by atoms with Crippen molar-refractivity contribution in [3.63, 3.8) is 0 Å². The smallest absolute Gasteiger partial charge is 0.222 e. The molecule has 1 saturated heterocycles. The minimum absolute atomic E-state index is 0.0416. The Morgan fingerprint density at radius 2 is 2.11 bits per heavy atom. The molecule has 5 nitrogen and oxygen atoms in total. The minimum Gasteiger partial charge on any atom is -0.356 e. The van der Waals surface area contributed by atoms with Gasteiger partial charge in [-0.3, -0.25) is 9.59 Å². The first-order valence-electron chi connectivity index (χ1n) is 7.45. The van der Waals surface area contributed by atoms with Gasteiger partial charge in [0.2, 0.25) is 11.8 Å². The van der Waals surface area contributed by atoms with Crippen molar-refractivity contribution in [2.75, 3.05) is 26.2 Å². The molecule has 110 valence electrons. The van der Waals surface area contributed by atoms with Crippen molar-refractivity contribution >= 4 is 11.8 Å². The van der Waals surface area contributed by atoms with Gasteiger partial charge in [-0.25, -0.2) is 0 Å². The molecular weight excluding hydrogens is 242 g/mol. The number of nitrogens with zero attached hydrogens (tertiary/aromatic N) is 1. The fourth-order valence-corrected chi connectivity index (χ4v) is 2.49. The first kappa shape index (κ1) is 16.0. The summed E-state index contributed by atoms with van der Waals surface area (Å²) in [6, 6.07) is 0.344. The molecule has 0 aromatic heterocycles. The molecule has 0 saturated carbocycles. The summed E-state index contributed by atoms with van der Waals surface area (Å²) in [5.41, 5.74) is 0. The Balaban J connectivity index is 2.33. The van der Waals surface area contributed by atoms with Gasteiger partial charge in [0.25, 0.3) is 0 Å². The number of carbonyl (C=O) groups is 2. The highest BCUT2D eigenvalue weighted by Crippen LogP contribution is 2.12. The summed E-state index contributed by atoms with van der Waals surface area (Å²) in [5, 5.41) is 6.05. The zero-order chi connectivity index (χ0) is 14.1. The van der Waals surface area contributed by atoms with Crippen molar-refractivity contribution in [3.8, 4) is 0 Å². The summed E-state index contributed by atoms with van der Waals surface area (Å²) in [6.07, 6.45) is 3.60. The first-order valence-corrected chi connectivity index (χ1v) is 7.45. The van der Waals surface area contributed by atoms with Crippen molar-refractivity contribution in [2.45, 2.75) is 52.0 Å². The predicted octanol–water partition coefficient (Wildman–Crippen LogP) is 0.893. The number of hydrogen-bond acceptors (Lipinski definition) is 3. The fraction of sp³-hybridized carbons (Fsp3) is 0.857. The highest BCUT2D eigenvalue weighted by Gasteiger charge is 2.25. The lowest BCUT2D eigenvalue weighted by atomic mass is 10.1. The Labute approximate surface area is 116 Å². The lowest BCUT2D eigenvalue weighted by Crippen LogP contribution is -2.42. The quantitative estimate of drug-likeness (QED) is 0.688. The maximum atomic E-state index is 12.2. The monoisotopic (exact) mass is 269 g/mol. The van der Waals surface area contributed by atoms with Gasteiger partial charge in [-0.1, -0.05) is 6.92 Å². The second-order valence-corrected chi connectivity index (χ2v) is 5.04. The van der Waals surface area contributed by atoms with Gasteiger partial charge >= 0.3 is 0 Å². The summed E-state index contributed by atoms with van der Waals surface area (Å²) in [7, 11) is 0. The van der Waals surface area contributed by atoms with Gasteiger partial charge in [-0.15, -0.1) is 0 Å². The van der Waals surface area contributed by atoms with Crippen molar-refractivity contribution < 1.29 is 9.59 Å². The van der Waals surface area contributed by atoms with Crippen LogP contribution in [0.25, 0.3) is 0 Å². The molecule has 1 aliphatic heterocycles. The largest absolute Gasteiger partial charge is 0.356 e. The Kier molecular flexibility index (Phi) is 7.48. The second kappa shape index (κ2) is 8.91. The first-order chi connectivity index (χ1) is 9.19. The number of nitrogens with one attached hydrogen (secondary N) is 2. The molecule has 0 radical (unpaired) electrons. The highest BCUT2D eigenvalue weighted by atomic mass is 16.2. The molecule has 0 spiro atoms. The van der Waals surface area contributed by atoms with Gasteiger partial charge in [0, 0.05) is 38.5 Å². The molecule has 19 heavy (non-hydrogen) atoms. The van der Waals surface area contributed by atoms with Crippen LogP contribution in [0.1, 0.15) is 46.0 Å². The van der Waals surface area contributed by atoms with E-state index in [0.717, 1.165) is 32.5 Å². The van der Waals surface area contributed by atoms with Crippen LogP contribution < -0.4 is 10.6 Å². The van der Waals surface area contributed by atoms with E-state index in [1.165, 1.54) is 0 Å². The summed E-state index contributed by atoms with van der Waals surface area (Å²) in [4.78, 5) is 25.6. The van der Waals surface area contributed by atoms with Crippen molar-refractivity contribution in [3.05, 3.63) is 0 Å². The van der Waals surface area contributed by atoms with E-state index >= 15 is 0 Å². The summed E-state index contributed by atoms with van der Waals surface area (Å²) >= 11 is 0. The molecule has 1 aliphatic rings. The highest BCUT2D eigenvalue weighted by molar-refractivity contribution is 5.79. The van der Waals surface area contributed by atoms with Gasteiger partial charge in [0.15, 0.2) is 0 Å². The molecule has 0 aromatic carbocycles. The molecule has 1 unspecified atom stereocenters. The molecule has 1 fully saturated rings. The topological polar surface area (TPSA) is 61.4 Å². The SMILES string of the molecule is CCCN(C(=O)CCCC(=O)NCC)C1CCNC1. The maximum absolute atomic E-state index is 12.2. The lowest BCUT2D eigenvalue weighted by molar-refractivity contribution is -0.133. The van der Waals surface area contributed by atoms with E-state index in [2.05, 4.69) is 17.6 Å². The zero-order valence-electron chi connectivity index (χ0n) is 12.2. The van der Waals surface area contributed by atoms with Gasteiger partial charge in [0.1, 0.15) is 0 Å². The Hall–Kier alpha value is -1.10. The molecule has 5 heteroatoms. The molecule has 1 rings (SSSR count). The molecule has 0 bridgehead atoms. The van der Waals surface area contributed by atoms with Crippen LogP contribution in [-0.2, 0) is 9.59 Å². The van der Waals surface area contributed by atoms with Crippen molar-refractivity contribution in [1.29, 1.82) is 0 Å². The van der Waals surface area contributed by atoms with Crippen LogP contribution in [0.5, 0.6) is 0 Å². The molecule has 2 N–H and O–H groups in total. The second-order valence-electron chi connectivity index (χ2n) is 5.04. The third-order valence-electron chi connectivity index (χ3n) is 3.43. The minimum atomic E-state index is 0.0416. The standard InChI is InChI=1S/C14H27N3O2/c1-3-10-17(12-8-9-15-11-12)14(19)7-5-6-13(18)16-4-2/h12,15H,3-11H2,1-2H3,(H,16,18). The Morgan fingerprint density at radius 1 is 1.32 bits per heavy atom. The van der Waals surface area contributed by atoms with E-state index in [4.69, 9.17) is 0 Å². The molecule has 0 aromatic rings. The predicted molar refractivity (Wildman–Crippen MR) is 75.8 cm³/mol. The third-order valence-corrected chi connectivity index (χ3v) is 3.43. The van der Waals surface area contributed by atoms with E-state index < -0.39 is 0 Å². The van der Waals surface area contributed by atoms with E-state index in [-0.39, 0.29) is 11.8 Å². The van der Waals surface area contributed by atoms with Crippen molar-refractivity contribution in [2.24, 2.45) is 0 Å². The van der Waals surface area contributed by atoms with E-state index in [1.54, 1.807) is 0 Å². The van der Waals surface area contributed by atoms with Crippen LogP contribution >= 0.6 is 0 Å². The number of amides is 2. The van der Waals surface area contributed by atoms with Crippen LogP contribution in [-0.4, -0.2) is 48.9 Å².